The minimum Gasteiger partial charge on any atom is -0.223 e. The second-order valence-electron chi connectivity index (χ2n) is 4.24. The summed E-state index contributed by atoms with van der Waals surface area (Å²) in [6.45, 7) is 0. The molecule has 0 bridgehead atoms. The number of hydrogen-bond acceptors (Lipinski definition) is 2. The molecule has 0 saturated heterocycles. The average Bonchev–Trinajstić information content (AvgIpc) is 2.82. The van der Waals surface area contributed by atoms with Gasteiger partial charge < -0.3 is 0 Å². The van der Waals surface area contributed by atoms with E-state index in [0.29, 0.717) is 6.07 Å². The first-order chi connectivity index (χ1) is 9.88. The molecular weight excluding hydrogens is 310 g/mol. The van der Waals surface area contributed by atoms with Crippen molar-refractivity contribution in [1.82, 2.24) is 14.6 Å². The van der Waals surface area contributed by atoms with Gasteiger partial charge in [-0.25, -0.2) is 13.9 Å². The number of halogens is 5. The van der Waals surface area contributed by atoms with Gasteiger partial charge in [0.1, 0.15) is 16.7 Å². The van der Waals surface area contributed by atoms with Crippen molar-refractivity contribution in [1.29, 1.82) is 0 Å². The molecule has 0 fully saturated rings. The summed E-state index contributed by atoms with van der Waals surface area (Å²) in [5, 5.41) is 3.59. The van der Waals surface area contributed by atoms with Crippen LogP contribution in [0, 0.1) is 5.82 Å². The van der Waals surface area contributed by atoms with Crippen LogP contribution in [0.15, 0.2) is 36.5 Å². The van der Waals surface area contributed by atoms with Crippen LogP contribution < -0.4 is 0 Å². The fraction of sp³-hybridized carbons (Fsp3) is 0.0769. The first kappa shape index (κ1) is 13.8. The highest BCUT2D eigenvalue weighted by molar-refractivity contribution is 6.29. The Kier molecular flexibility index (Phi) is 3.09. The third-order valence-electron chi connectivity index (χ3n) is 2.88. The summed E-state index contributed by atoms with van der Waals surface area (Å²) >= 11 is 5.78. The van der Waals surface area contributed by atoms with Crippen LogP contribution in [0.2, 0.25) is 5.15 Å². The van der Waals surface area contributed by atoms with Crippen molar-refractivity contribution in [2.24, 2.45) is 0 Å². The van der Waals surface area contributed by atoms with E-state index in [4.69, 9.17) is 11.6 Å². The molecule has 0 spiro atoms. The van der Waals surface area contributed by atoms with Gasteiger partial charge in [0.2, 0.25) is 0 Å². The SMILES string of the molecule is Fc1ccccc1-c1cnn2c(Cl)cc(C(F)(F)F)nc12. The molecule has 8 heteroatoms. The molecule has 3 nitrogen and oxygen atoms in total. The second kappa shape index (κ2) is 4.70. The second-order valence-corrected chi connectivity index (χ2v) is 4.62. The van der Waals surface area contributed by atoms with Gasteiger partial charge in [0.15, 0.2) is 5.65 Å². The highest BCUT2D eigenvalue weighted by Crippen LogP contribution is 2.33. The van der Waals surface area contributed by atoms with E-state index in [1.807, 2.05) is 0 Å². The monoisotopic (exact) mass is 315 g/mol. The summed E-state index contributed by atoms with van der Waals surface area (Å²) in [7, 11) is 0. The molecule has 2 aromatic heterocycles. The molecule has 0 N–H and O–H groups in total. The van der Waals surface area contributed by atoms with Crippen molar-refractivity contribution in [2.45, 2.75) is 6.18 Å². The third kappa shape index (κ3) is 2.33. The maximum Gasteiger partial charge on any atom is 0.433 e. The molecule has 0 aliphatic rings. The van der Waals surface area contributed by atoms with Crippen molar-refractivity contribution in [3.8, 4) is 11.1 Å². The maximum absolute atomic E-state index is 13.8. The molecule has 0 radical (unpaired) electrons. The summed E-state index contributed by atoms with van der Waals surface area (Å²) in [5.74, 6) is -0.581. The predicted octanol–water partition coefficient (Wildman–Crippen LogP) is 4.21. The van der Waals surface area contributed by atoms with E-state index in [-0.39, 0.29) is 21.9 Å². The molecule has 0 saturated carbocycles. The maximum atomic E-state index is 13.8. The summed E-state index contributed by atoms with van der Waals surface area (Å²) in [4.78, 5) is 3.51. The van der Waals surface area contributed by atoms with Gasteiger partial charge in [-0.2, -0.15) is 18.3 Å². The summed E-state index contributed by atoms with van der Waals surface area (Å²) in [5.41, 5.74) is -1.06. The van der Waals surface area contributed by atoms with Crippen LogP contribution in [0.5, 0.6) is 0 Å². The Morgan fingerprint density at radius 3 is 2.48 bits per heavy atom. The van der Waals surface area contributed by atoms with E-state index in [9.17, 15) is 17.6 Å². The van der Waals surface area contributed by atoms with Crippen LogP contribution in [0.4, 0.5) is 17.6 Å². The third-order valence-corrected chi connectivity index (χ3v) is 3.15. The van der Waals surface area contributed by atoms with Crippen LogP contribution >= 0.6 is 11.6 Å². The Morgan fingerprint density at radius 1 is 1.10 bits per heavy atom. The highest BCUT2D eigenvalue weighted by atomic mass is 35.5. The zero-order valence-electron chi connectivity index (χ0n) is 10.2. The molecule has 21 heavy (non-hydrogen) atoms. The lowest BCUT2D eigenvalue weighted by Crippen LogP contribution is -2.10. The molecule has 0 atom stereocenters. The van der Waals surface area contributed by atoms with Gasteiger partial charge in [0.05, 0.1) is 6.20 Å². The van der Waals surface area contributed by atoms with Crippen molar-refractivity contribution in [3.05, 3.63) is 53.2 Å². The lowest BCUT2D eigenvalue weighted by molar-refractivity contribution is -0.141. The van der Waals surface area contributed by atoms with Crippen LogP contribution in [0.1, 0.15) is 5.69 Å². The van der Waals surface area contributed by atoms with Gasteiger partial charge in [-0.15, -0.1) is 0 Å². The average molecular weight is 316 g/mol. The standard InChI is InChI=1S/C13H6ClF4N3/c14-11-5-10(13(16,17)18)20-12-8(6-19-21(11)12)7-3-1-2-4-9(7)15/h1-6H. The highest BCUT2D eigenvalue weighted by Gasteiger charge is 2.34. The van der Waals surface area contributed by atoms with Gasteiger partial charge in [0, 0.05) is 17.2 Å². The van der Waals surface area contributed by atoms with E-state index in [0.717, 1.165) is 4.52 Å². The minimum absolute atomic E-state index is 0.107. The lowest BCUT2D eigenvalue weighted by Gasteiger charge is -2.08. The van der Waals surface area contributed by atoms with E-state index in [2.05, 4.69) is 10.1 Å². The summed E-state index contributed by atoms with van der Waals surface area (Å²) < 4.78 is 53.2. The molecule has 0 aliphatic carbocycles. The molecule has 3 rings (SSSR count). The van der Waals surface area contributed by atoms with Crippen molar-refractivity contribution in [2.75, 3.05) is 0 Å². The zero-order chi connectivity index (χ0) is 15.2. The van der Waals surface area contributed by atoms with E-state index in [1.54, 1.807) is 6.07 Å². The van der Waals surface area contributed by atoms with Crippen LogP contribution in [-0.4, -0.2) is 14.6 Å². The Bertz CT molecular complexity index is 826. The first-order valence-electron chi connectivity index (χ1n) is 5.74. The fourth-order valence-corrected chi connectivity index (χ4v) is 2.17. The Balaban J connectivity index is 2.31. The zero-order valence-corrected chi connectivity index (χ0v) is 11.0. The smallest absolute Gasteiger partial charge is 0.223 e. The van der Waals surface area contributed by atoms with Crippen molar-refractivity contribution >= 4 is 17.2 Å². The van der Waals surface area contributed by atoms with Crippen LogP contribution in [0.3, 0.4) is 0 Å². The quantitative estimate of drug-likeness (QED) is 0.497. The Hall–Kier alpha value is -2.15. The molecule has 0 aliphatic heterocycles. The van der Waals surface area contributed by atoms with Crippen LogP contribution in [-0.2, 0) is 6.18 Å². The van der Waals surface area contributed by atoms with Crippen LogP contribution in [0.25, 0.3) is 16.8 Å². The number of alkyl halides is 3. The predicted molar refractivity (Wildman–Crippen MR) is 68.4 cm³/mol. The Morgan fingerprint density at radius 2 is 1.81 bits per heavy atom. The van der Waals surface area contributed by atoms with Crippen molar-refractivity contribution in [3.63, 3.8) is 0 Å². The topological polar surface area (TPSA) is 30.2 Å². The molecule has 2 heterocycles. The normalized spacial score (nSPS) is 12.0. The van der Waals surface area contributed by atoms with Gasteiger partial charge in [-0.1, -0.05) is 29.8 Å². The number of rotatable bonds is 1. The largest absolute Gasteiger partial charge is 0.433 e. The molecule has 0 unspecified atom stereocenters. The lowest BCUT2D eigenvalue weighted by atomic mass is 10.1. The summed E-state index contributed by atoms with van der Waals surface area (Å²) in [6, 6.07) is 6.35. The van der Waals surface area contributed by atoms with E-state index < -0.39 is 17.7 Å². The number of hydrogen-bond donors (Lipinski definition) is 0. The van der Waals surface area contributed by atoms with Gasteiger partial charge in [-0.3, -0.25) is 0 Å². The van der Waals surface area contributed by atoms with Gasteiger partial charge in [-0.05, 0) is 6.07 Å². The fourth-order valence-electron chi connectivity index (χ4n) is 1.94. The molecular formula is C13H6ClF4N3. The summed E-state index contributed by atoms with van der Waals surface area (Å²) in [6.07, 6.45) is -3.42. The van der Waals surface area contributed by atoms with Crippen molar-refractivity contribution < 1.29 is 17.6 Å². The number of nitrogens with zero attached hydrogens (tertiary/aromatic N) is 3. The number of benzene rings is 1. The van der Waals surface area contributed by atoms with E-state index >= 15 is 0 Å². The first-order valence-corrected chi connectivity index (χ1v) is 6.12. The number of fused-ring (bicyclic) bond motifs is 1. The van der Waals surface area contributed by atoms with Gasteiger partial charge >= 0.3 is 6.18 Å². The number of aromatic nitrogens is 3. The Labute approximate surface area is 120 Å². The molecule has 108 valence electrons. The molecule has 3 aromatic rings. The van der Waals surface area contributed by atoms with Gasteiger partial charge in [0.25, 0.3) is 0 Å². The van der Waals surface area contributed by atoms with E-state index in [1.165, 1.54) is 24.4 Å². The molecule has 0 amide bonds. The molecule has 1 aromatic carbocycles. The minimum atomic E-state index is -4.65.